The fourth-order valence-corrected chi connectivity index (χ4v) is 1.14. The summed E-state index contributed by atoms with van der Waals surface area (Å²) in [7, 11) is 0. The minimum absolute atomic E-state index is 0.149. The van der Waals surface area contributed by atoms with E-state index in [2.05, 4.69) is 0 Å². The van der Waals surface area contributed by atoms with E-state index in [9.17, 15) is 18.0 Å². The predicted molar refractivity (Wildman–Crippen MR) is 46.3 cm³/mol. The minimum atomic E-state index is -4.88. The Labute approximate surface area is 83.9 Å². The van der Waals surface area contributed by atoms with Crippen LogP contribution in [0.4, 0.5) is 13.2 Å². The molecule has 0 heterocycles. The van der Waals surface area contributed by atoms with Gasteiger partial charge in [0.05, 0.1) is 11.6 Å². The number of halogens is 3. The highest BCUT2D eigenvalue weighted by Crippen LogP contribution is 2.23. The van der Waals surface area contributed by atoms with Gasteiger partial charge in [-0.3, -0.25) is 4.79 Å². The summed E-state index contributed by atoms with van der Waals surface area (Å²) >= 11 is 0. The van der Waals surface area contributed by atoms with Crippen molar-refractivity contribution in [3.8, 4) is 6.07 Å². The molecule has 0 N–H and O–H groups in total. The van der Waals surface area contributed by atoms with E-state index in [4.69, 9.17) is 5.26 Å². The molecule has 0 aliphatic rings. The van der Waals surface area contributed by atoms with Gasteiger partial charge in [-0.15, -0.1) is 0 Å². The van der Waals surface area contributed by atoms with E-state index in [-0.39, 0.29) is 11.1 Å². The second kappa shape index (κ2) is 3.73. The third-order valence-electron chi connectivity index (χ3n) is 1.86. The van der Waals surface area contributed by atoms with Crippen molar-refractivity contribution >= 4 is 5.78 Å². The third kappa shape index (κ3) is 2.34. The van der Waals surface area contributed by atoms with Crippen molar-refractivity contribution in [3.05, 3.63) is 34.9 Å². The van der Waals surface area contributed by atoms with Gasteiger partial charge in [0.25, 0.3) is 5.78 Å². The zero-order chi connectivity index (χ0) is 11.6. The maximum Gasteiger partial charge on any atom is 0.454 e. The molecule has 0 atom stereocenters. The molecule has 0 unspecified atom stereocenters. The van der Waals surface area contributed by atoms with Crippen LogP contribution < -0.4 is 0 Å². The van der Waals surface area contributed by atoms with Crippen molar-refractivity contribution in [1.29, 1.82) is 5.26 Å². The first-order valence-corrected chi connectivity index (χ1v) is 3.98. The van der Waals surface area contributed by atoms with Gasteiger partial charge in [-0.05, 0) is 30.7 Å². The van der Waals surface area contributed by atoms with Crippen molar-refractivity contribution in [2.45, 2.75) is 13.1 Å². The summed E-state index contributed by atoms with van der Waals surface area (Å²) in [5.74, 6) is -1.88. The first-order chi connectivity index (χ1) is 6.86. The van der Waals surface area contributed by atoms with E-state index in [1.165, 1.54) is 19.1 Å². The number of hydrogen-bond donors (Lipinski definition) is 0. The number of Topliss-reactive ketones (excluding diaryl/α,β-unsaturated/α-hetero) is 1. The standard InChI is InChI=1S/C10H6F3NO/c1-6-4-7(5-14)2-3-8(6)9(15)10(11,12)13/h2-4H,1H3. The van der Waals surface area contributed by atoms with Gasteiger partial charge in [-0.25, -0.2) is 0 Å². The van der Waals surface area contributed by atoms with Gasteiger partial charge in [0.1, 0.15) is 0 Å². The average Bonchev–Trinajstić information content (AvgIpc) is 2.15. The van der Waals surface area contributed by atoms with E-state index in [0.717, 1.165) is 6.07 Å². The molecule has 0 saturated heterocycles. The van der Waals surface area contributed by atoms with Crippen LogP contribution in [0.25, 0.3) is 0 Å². The molecule has 0 aliphatic heterocycles. The molecule has 0 saturated carbocycles. The Balaban J connectivity index is 3.19. The lowest BCUT2D eigenvalue weighted by Gasteiger charge is -2.07. The Kier molecular flexibility index (Phi) is 2.80. The molecule has 2 nitrogen and oxygen atoms in total. The van der Waals surface area contributed by atoms with Crippen LogP contribution in [0.15, 0.2) is 18.2 Å². The van der Waals surface area contributed by atoms with E-state index >= 15 is 0 Å². The van der Waals surface area contributed by atoms with E-state index in [1.54, 1.807) is 6.07 Å². The molecule has 1 rings (SSSR count). The largest absolute Gasteiger partial charge is 0.454 e. The molecule has 0 amide bonds. The summed E-state index contributed by atoms with van der Waals surface area (Å²) in [6, 6.07) is 5.23. The summed E-state index contributed by atoms with van der Waals surface area (Å²) in [4.78, 5) is 10.9. The van der Waals surface area contributed by atoms with Crippen molar-refractivity contribution in [3.63, 3.8) is 0 Å². The summed E-state index contributed by atoms with van der Waals surface area (Å²) < 4.78 is 36.2. The van der Waals surface area contributed by atoms with Crippen LogP contribution in [-0.2, 0) is 0 Å². The van der Waals surface area contributed by atoms with Gasteiger partial charge in [0.2, 0.25) is 0 Å². The number of nitrogens with zero attached hydrogens (tertiary/aromatic N) is 1. The van der Waals surface area contributed by atoms with Crippen LogP contribution in [0, 0.1) is 18.3 Å². The molecule has 0 bridgehead atoms. The summed E-state index contributed by atoms with van der Waals surface area (Å²) in [6.07, 6.45) is -4.88. The summed E-state index contributed by atoms with van der Waals surface area (Å²) in [5, 5.41) is 8.49. The number of carbonyl (C=O) groups is 1. The number of rotatable bonds is 1. The first-order valence-electron chi connectivity index (χ1n) is 3.98. The second-order valence-corrected chi connectivity index (χ2v) is 2.97. The molecule has 0 aliphatic carbocycles. The number of aryl methyl sites for hydroxylation is 1. The highest BCUT2D eigenvalue weighted by atomic mass is 19.4. The van der Waals surface area contributed by atoms with Crippen LogP contribution in [0.1, 0.15) is 21.5 Å². The van der Waals surface area contributed by atoms with Gasteiger partial charge in [0.15, 0.2) is 0 Å². The second-order valence-electron chi connectivity index (χ2n) is 2.97. The third-order valence-corrected chi connectivity index (χ3v) is 1.86. The molecule has 5 heteroatoms. The molecule has 1 aromatic carbocycles. The van der Waals surface area contributed by atoms with Gasteiger partial charge < -0.3 is 0 Å². The van der Waals surface area contributed by atoms with Crippen LogP contribution in [0.3, 0.4) is 0 Å². The molecule has 0 spiro atoms. The number of carbonyl (C=O) groups excluding carboxylic acids is 1. The topological polar surface area (TPSA) is 40.9 Å². The van der Waals surface area contributed by atoms with Crippen LogP contribution in [0.2, 0.25) is 0 Å². The van der Waals surface area contributed by atoms with Crippen molar-refractivity contribution in [1.82, 2.24) is 0 Å². The minimum Gasteiger partial charge on any atom is -0.284 e. The number of ketones is 1. The molecule has 78 valence electrons. The molecule has 0 radical (unpaired) electrons. The van der Waals surface area contributed by atoms with Crippen LogP contribution in [0.5, 0.6) is 0 Å². The Morgan fingerprint density at radius 3 is 2.40 bits per heavy atom. The maximum absolute atomic E-state index is 12.1. The SMILES string of the molecule is Cc1cc(C#N)ccc1C(=O)C(F)(F)F. The molecule has 0 fully saturated rings. The van der Waals surface area contributed by atoms with E-state index < -0.39 is 17.5 Å². The zero-order valence-corrected chi connectivity index (χ0v) is 7.72. The van der Waals surface area contributed by atoms with Crippen molar-refractivity contribution in [2.75, 3.05) is 0 Å². The number of alkyl halides is 3. The van der Waals surface area contributed by atoms with Gasteiger partial charge in [-0.1, -0.05) is 0 Å². The van der Waals surface area contributed by atoms with Crippen molar-refractivity contribution < 1.29 is 18.0 Å². The summed E-state index contributed by atoms with van der Waals surface area (Å²) in [5.41, 5.74) is -0.0379. The predicted octanol–water partition coefficient (Wildman–Crippen LogP) is 2.61. The van der Waals surface area contributed by atoms with E-state index in [0.29, 0.717) is 0 Å². The number of benzene rings is 1. The Morgan fingerprint density at radius 2 is 2.00 bits per heavy atom. The molecular formula is C10H6F3NO. The maximum atomic E-state index is 12.1. The highest BCUT2D eigenvalue weighted by molar-refractivity contribution is 6.01. The lowest BCUT2D eigenvalue weighted by molar-refractivity contribution is -0.0885. The van der Waals surface area contributed by atoms with Gasteiger partial charge in [0, 0.05) is 5.56 Å². The Morgan fingerprint density at radius 1 is 1.40 bits per heavy atom. The first kappa shape index (κ1) is 11.2. The molecule has 15 heavy (non-hydrogen) atoms. The van der Waals surface area contributed by atoms with Gasteiger partial charge in [-0.2, -0.15) is 18.4 Å². The Bertz CT molecular complexity index is 443. The summed E-state index contributed by atoms with van der Waals surface area (Å²) in [6.45, 7) is 1.36. The molecule has 0 aromatic heterocycles. The number of hydrogen-bond acceptors (Lipinski definition) is 2. The smallest absolute Gasteiger partial charge is 0.284 e. The average molecular weight is 213 g/mol. The Hall–Kier alpha value is -1.83. The lowest BCUT2D eigenvalue weighted by Crippen LogP contribution is -2.23. The highest BCUT2D eigenvalue weighted by Gasteiger charge is 2.39. The molecule has 1 aromatic rings. The zero-order valence-electron chi connectivity index (χ0n) is 7.72. The van der Waals surface area contributed by atoms with E-state index in [1.807, 2.05) is 0 Å². The van der Waals surface area contributed by atoms with Crippen molar-refractivity contribution in [2.24, 2.45) is 0 Å². The van der Waals surface area contributed by atoms with Crippen LogP contribution in [-0.4, -0.2) is 12.0 Å². The molecular weight excluding hydrogens is 207 g/mol. The normalized spacial score (nSPS) is 10.9. The monoisotopic (exact) mass is 213 g/mol. The van der Waals surface area contributed by atoms with Gasteiger partial charge >= 0.3 is 6.18 Å². The number of nitriles is 1. The lowest BCUT2D eigenvalue weighted by atomic mass is 10.0. The quantitative estimate of drug-likeness (QED) is 0.673. The fraction of sp³-hybridized carbons (Fsp3) is 0.200. The van der Waals surface area contributed by atoms with Crippen LogP contribution >= 0.6 is 0 Å². The fourth-order valence-electron chi connectivity index (χ4n) is 1.14.